The first-order chi connectivity index (χ1) is 12.0. The Bertz CT molecular complexity index is 727. The van der Waals surface area contributed by atoms with Crippen molar-refractivity contribution in [2.45, 2.75) is 56.7 Å². The number of carbonyl (C=O) groups is 1. The van der Waals surface area contributed by atoms with Gasteiger partial charge in [0.2, 0.25) is 5.91 Å². The first-order valence-corrected chi connectivity index (χ1v) is 9.10. The van der Waals surface area contributed by atoms with E-state index in [9.17, 15) is 23.1 Å². The Morgan fingerprint density at radius 3 is 2.54 bits per heavy atom. The van der Waals surface area contributed by atoms with Crippen LogP contribution in [0, 0.1) is 11.3 Å². The van der Waals surface area contributed by atoms with Gasteiger partial charge in [-0.05, 0) is 44.9 Å². The molecule has 1 saturated heterocycles. The summed E-state index contributed by atoms with van der Waals surface area (Å²) in [5.41, 5.74) is -1.14. The summed E-state index contributed by atoms with van der Waals surface area (Å²) >= 11 is 0. The molecule has 3 fully saturated rings. The molecular formula is C18H24F3N3O2. The van der Waals surface area contributed by atoms with Crippen molar-refractivity contribution in [3.63, 3.8) is 0 Å². The maximum absolute atomic E-state index is 13.3. The van der Waals surface area contributed by atoms with Gasteiger partial charge in [0.05, 0.1) is 11.8 Å². The lowest BCUT2D eigenvalue weighted by atomic mass is 9.69. The molecule has 1 spiro atoms. The molecule has 8 heteroatoms. The highest BCUT2D eigenvalue weighted by Gasteiger charge is 2.54. The highest BCUT2D eigenvalue weighted by molar-refractivity contribution is 5.81. The van der Waals surface area contributed by atoms with E-state index in [1.807, 2.05) is 4.90 Å². The maximum Gasteiger partial charge on any atom is 0.433 e. The first-order valence-electron chi connectivity index (χ1n) is 9.10. The molecular weight excluding hydrogens is 347 g/mol. The van der Waals surface area contributed by atoms with E-state index < -0.39 is 17.5 Å². The van der Waals surface area contributed by atoms with E-state index in [4.69, 9.17) is 0 Å². The summed E-state index contributed by atoms with van der Waals surface area (Å²) in [4.78, 5) is 14.2. The fraction of sp³-hybridized carbons (Fsp3) is 0.778. The molecule has 144 valence electrons. The van der Waals surface area contributed by atoms with Crippen LogP contribution < -0.4 is 0 Å². The molecule has 5 nitrogen and oxygen atoms in total. The highest BCUT2D eigenvalue weighted by atomic mass is 19.4. The number of halogens is 3. The van der Waals surface area contributed by atoms with Crippen LogP contribution >= 0.6 is 0 Å². The minimum absolute atomic E-state index is 0.0503. The second-order valence-corrected chi connectivity index (χ2v) is 8.81. The third-order valence-electron chi connectivity index (χ3n) is 6.46. The SMILES string of the molecule is Cn1ncc(C2CCC3(C2)CN(C(=O)[C@H]2C[C@@](C)(O)C2)C3)c1C(F)(F)F. The van der Waals surface area contributed by atoms with Crippen LogP contribution in [0.25, 0.3) is 0 Å². The van der Waals surface area contributed by atoms with E-state index in [-0.39, 0.29) is 28.7 Å². The minimum atomic E-state index is -4.40. The molecule has 1 N–H and O–H groups in total. The number of carbonyl (C=O) groups excluding carboxylic acids is 1. The molecule has 2 aliphatic carbocycles. The minimum Gasteiger partial charge on any atom is -0.390 e. The van der Waals surface area contributed by atoms with Gasteiger partial charge in [0.15, 0.2) is 0 Å². The molecule has 1 aromatic rings. The number of rotatable bonds is 2. The van der Waals surface area contributed by atoms with Crippen molar-refractivity contribution in [2.24, 2.45) is 18.4 Å². The molecule has 1 aliphatic heterocycles. The first kappa shape index (κ1) is 17.8. The second kappa shape index (κ2) is 5.47. The molecule has 2 heterocycles. The second-order valence-electron chi connectivity index (χ2n) is 8.81. The number of alkyl halides is 3. The maximum atomic E-state index is 13.3. The van der Waals surface area contributed by atoms with Gasteiger partial charge in [0, 0.05) is 37.0 Å². The van der Waals surface area contributed by atoms with Crippen LogP contribution in [-0.4, -0.2) is 44.4 Å². The Balaban J connectivity index is 1.40. The van der Waals surface area contributed by atoms with Crippen molar-refractivity contribution in [1.82, 2.24) is 14.7 Å². The molecule has 1 unspecified atom stereocenters. The molecule has 2 saturated carbocycles. The van der Waals surface area contributed by atoms with Gasteiger partial charge in [-0.2, -0.15) is 18.3 Å². The molecule has 0 bridgehead atoms. The number of aryl methyl sites for hydroxylation is 1. The molecule has 0 radical (unpaired) electrons. The lowest BCUT2D eigenvalue weighted by Crippen LogP contribution is -2.61. The van der Waals surface area contributed by atoms with Crippen LogP contribution in [0.3, 0.4) is 0 Å². The van der Waals surface area contributed by atoms with Crippen LogP contribution in [-0.2, 0) is 18.0 Å². The van der Waals surface area contributed by atoms with Gasteiger partial charge in [-0.15, -0.1) is 0 Å². The number of amides is 1. The van der Waals surface area contributed by atoms with Crippen molar-refractivity contribution < 1.29 is 23.1 Å². The van der Waals surface area contributed by atoms with E-state index in [1.54, 1.807) is 6.92 Å². The van der Waals surface area contributed by atoms with E-state index in [2.05, 4.69) is 5.10 Å². The Kier molecular flexibility index (Phi) is 3.75. The van der Waals surface area contributed by atoms with Crippen LogP contribution in [0.15, 0.2) is 6.20 Å². The van der Waals surface area contributed by atoms with Gasteiger partial charge in [-0.25, -0.2) is 0 Å². The van der Waals surface area contributed by atoms with Crippen LogP contribution in [0.5, 0.6) is 0 Å². The number of hydrogen-bond donors (Lipinski definition) is 1. The zero-order valence-corrected chi connectivity index (χ0v) is 15.0. The van der Waals surface area contributed by atoms with E-state index >= 15 is 0 Å². The largest absolute Gasteiger partial charge is 0.433 e. The quantitative estimate of drug-likeness (QED) is 0.870. The molecule has 1 aromatic heterocycles. The number of aromatic nitrogens is 2. The third-order valence-corrected chi connectivity index (χ3v) is 6.46. The van der Waals surface area contributed by atoms with Gasteiger partial charge in [0.25, 0.3) is 0 Å². The van der Waals surface area contributed by atoms with Crippen molar-refractivity contribution in [3.05, 3.63) is 17.5 Å². The van der Waals surface area contributed by atoms with Crippen LogP contribution in [0.4, 0.5) is 13.2 Å². The van der Waals surface area contributed by atoms with Gasteiger partial charge >= 0.3 is 6.18 Å². The fourth-order valence-electron chi connectivity index (χ4n) is 5.21. The van der Waals surface area contributed by atoms with Gasteiger partial charge in [0.1, 0.15) is 5.69 Å². The van der Waals surface area contributed by atoms with Gasteiger partial charge in [-0.3, -0.25) is 9.48 Å². The van der Waals surface area contributed by atoms with Crippen molar-refractivity contribution in [3.8, 4) is 0 Å². The number of nitrogens with zero attached hydrogens (tertiary/aromatic N) is 3. The van der Waals surface area contributed by atoms with Crippen LogP contribution in [0.2, 0.25) is 0 Å². The summed E-state index contributed by atoms with van der Waals surface area (Å²) in [5.74, 6) is -0.167. The van der Waals surface area contributed by atoms with Crippen molar-refractivity contribution in [1.29, 1.82) is 0 Å². The lowest BCUT2D eigenvalue weighted by molar-refractivity contribution is -0.161. The summed E-state index contributed by atoms with van der Waals surface area (Å²) in [7, 11) is 1.33. The topological polar surface area (TPSA) is 58.4 Å². The number of likely N-dealkylation sites (tertiary alicyclic amines) is 1. The Morgan fingerprint density at radius 2 is 1.96 bits per heavy atom. The van der Waals surface area contributed by atoms with Crippen LogP contribution in [0.1, 0.15) is 56.2 Å². The predicted molar refractivity (Wildman–Crippen MR) is 87.2 cm³/mol. The monoisotopic (exact) mass is 371 g/mol. The number of aliphatic hydroxyl groups is 1. The summed E-state index contributed by atoms with van der Waals surface area (Å²) in [6, 6.07) is 0. The zero-order valence-electron chi connectivity index (χ0n) is 15.0. The highest BCUT2D eigenvalue weighted by Crippen LogP contribution is 2.54. The Labute approximate surface area is 150 Å². The molecule has 26 heavy (non-hydrogen) atoms. The standard InChI is InChI=1S/C18H24F3N3O2/c1-16(26)5-12(6-16)15(25)24-9-17(10-24)4-3-11(7-17)13-8-22-23(2)14(13)18(19,20)21/h8,11-12,26H,3-7,9-10H2,1-2H3/t11?,12-,16+. The molecule has 0 aromatic carbocycles. The lowest BCUT2D eigenvalue weighted by Gasteiger charge is -2.52. The van der Waals surface area contributed by atoms with Crippen molar-refractivity contribution >= 4 is 5.91 Å². The smallest absolute Gasteiger partial charge is 0.390 e. The Hall–Kier alpha value is -1.57. The fourth-order valence-corrected chi connectivity index (χ4v) is 5.21. The van der Waals surface area contributed by atoms with E-state index in [0.29, 0.717) is 38.8 Å². The predicted octanol–water partition coefficient (Wildman–Crippen LogP) is 2.70. The molecule has 3 aliphatic rings. The molecule has 4 rings (SSSR count). The Morgan fingerprint density at radius 1 is 1.31 bits per heavy atom. The van der Waals surface area contributed by atoms with E-state index in [1.165, 1.54) is 13.2 Å². The summed E-state index contributed by atoms with van der Waals surface area (Å²) < 4.78 is 40.9. The normalized spacial score (nSPS) is 33.2. The van der Waals surface area contributed by atoms with Crippen molar-refractivity contribution in [2.75, 3.05) is 13.1 Å². The zero-order chi connectivity index (χ0) is 18.9. The summed E-state index contributed by atoms with van der Waals surface area (Å²) in [6.07, 6.45) is 0.174. The average Bonchev–Trinajstić information content (AvgIpc) is 3.05. The summed E-state index contributed by atoms with van der Waals surface area (Å²) in [5, 5.41) is 13.6. The van der Waals surface area contributed by atoms with E-state index in [0.717, 1.165) is 11.1 Å². The number of hydrogen-bond acceptors (Lipinski definition) is 3. The molecule has 1 amide bonds. The summed E-state index contributed by atoms with van der Waals surface area (Å²) in [6.45, 7) is 2.99. The average molecular weight is 371 g/mol. The third kappa shape index (κ3) is 2.82. The van der Waals surface area contributed by atoms with Gasteiger partial charge < -0.3 is 10.0 Å². The molecule has 1 atom stereocenters. The van der Waals surface area contributed by atoms with Gasteiger partial charge in [-0.1, -0.05) is 0 Å².